The van der Waals surface area contributed by atoms with E-state index in [2.05, 4.69) is 68.8 Å². The van der Waals surface area contributed by atoms with Crippen molar-refractivity contribution in [1.29, 1.82) is 0 Å². The molecule has 0 saturated heterocycles. The molecule has 0 fully saturated rings. The number of nitrogens with one attached hydrogen (secondary N) is 2. The molecule has 2 N–H and O–H groups in total. The summed E-state index contributed by atoms with van der Waals surface area (Å²) in [5.41, 5.74) is 8.45. The van der Waals surface area contributed by atoms with Crippen LogP contribution in [0.15, 0.2) is 85.2 Å². The highest BCUT2D eigenvalue weighted by Crippen LogP contribution is 2.28. The number of carbonyl (C=O) groups is 1. The molecule has 6 nitrogen and oxygen atoms in total. The SMILES string of the molecule is CN1Cc2cccc(c2)-c2cccc(c2)NC(=O)c2n[nH]c3ccc(cc23)-c2cncc(c2)C1. The van der Waals surface area contributed by atoms with Crippen LogP contribution >= 0.6 is 0 Å². The van der Waals surface area contributed by atoms with E-state index in [0.29, 0.717) is 5.69 Å². The van der Waals surface area contributed by atoms with Gasteiger partial charge >= 0.3 is 0 Å². The van der Waals surface area contributed by atoms with Gasteiger partial charge in [-0.1, -0.05) is 36.4 Å². The van der Waals surface area contributed by atoms with Crippen LogP contribution in [0.3, 0.4) is 0 Å². The average molecular weight is 446 g/mol. The molecule has 1 aliphatic heterocycles. The van der Waals surface area contributed by atoms with Crippen LogP contribution in [0.5, 0.6) is 0 Å². The van der Waals surface area contributed by atoms with Crippen LogP contribution in [0.1, 0.15) is 21.6 Å². The molecule has 6 rings (SSSR count). The summed E-state index contributed by atoms with van der Waals surface area (Å²) in [6.45, 7) is 1.60. The molecule has 6 heteroatoms. The summed E-state index contributed by atoms with van der Waals surface area (Å²) in [4.78, 5) is 19.9. The number of nitrogens with zero attached hydrogens (tertiary/aromatic N) is 3. The maximum Gasteiger partial charge on any atom is 0.276 e. The van der Waals surface area contributed by atoms with E-state index >= 15 is 0 Å². The van der Waals surface area contributed by atoms with Crippen LogP contribution < -0.4 is 5.32 Å². The van der Waals surface area contributed by atoms with Crippen LogP contribution in [0.4, 0.5) is 5.69 Å². The Balaban J connectivity index is 1.50. The maximum atomic E-state index is 13.2. The van der Waals surface area contributed by atoms with E-state index in [0.717, 1.165) is 57.5 Å². The summed E-state index contributed by atoms with van der Waals surface area (Å²) >= 11 is 0. The lowest BCUT2D eigenvalue weighted by atomic mass is 10.0. The molecule has 166 valence electrons. The van der Waals surface area contributed by atoms with Gasteiger partial charge in [0, 0.05) is 42.1 Å². The van der Waals surface area contributed by atoms with Gasteiger partial charge in [-0.3, -0.25) is 19.8 Å². The minimum atomic E-state index is -0.246. The minimum absolute atomic E-state index is 0.246. The molecule has 5 aromatic rings. The number of carbonyl (C=O) groups excluding carboxylic acids is 1. The average Bonchev–Trinajstić information content (AvgIpc) is 3.27. The predicted octanol–water partition coefficient (Wildman–Crippen LogP) is 5.49. The van der Waals surface area contributed by atoms with E-state index in [9.17, 15) is 4.79 Å². The van der Waals surface area contributed by atoms with Crippen molar-refractivity contribution in [3.63, 3.8) is 0 Å². The number of hydrogen-bond donors (Lipinski definition) is 2. The van der Waals surface area contributed by atoms with Crippen LogP contribution in [0, 0.1) is 0 Å². The normalized spacial score (nSPS) is 14.0. The van der Waals surface area contributed by atoms with Gasteiger partial charge in [0.25, 0.3) is 5.91 Å². The Labute approximate surface area is 197 Å². The number of benzene rings is 3. The van der Waals surface area contributed by atoms with Gasteiger partial charge in [0.1, 0.15) is 0 Å². The highest BCUT2D eigenvalue weighted by Gasteiger charge is 2.16. The molecule has 0 atom stereocenters. The zero-order valence-corrected chi connectivity index (χ0v) is 18.7. The molecule has 0 aliphatic carbocycles. The summed E-state index contributed by atoms with van der Waals surface area (Å²) in [7, 11) is 2.12. The summed E-state index contributed by atoms with van der Waals surface area (Å²) in [5, 5.41) is 11.1. The van der Waals surface area contributed by atoms with Crippen LogP contribution in [-0.2, 0) is 13.1 Å². The van der Waals surface area contributed by atoms with Crippen LogP contribution in [0.25, 0.3) is 33.2 Å². The van der Waals surface area contributed by atoms with E-state index < -0.39 is 0 Å². The molecule has 8 bridgehead atoms. The fourth-order valence-electron chi connectivity index (χ4n) is 4.59. The molecular weight excluding hydrogens is 422 g/mol. The second-order valence-corrected chi connectivity index (χ2v) is 8.82. The molecule has 0 saturated carbocycles. The fourth-order valence-corrected chi connectivity index (χ4v) is 4.59. The zero-order chi connectivity index (χ0) is 23.1. The van der Waals surface area contributed by atoms with Crippen molar-refractivity contribution < 1.29 is 4.79 Å². The van der Waals surface area contributed by atoms with Crippen LogP contribution in [-0.4, -0.2) is 33.0 Å². The monoisotopic (exact) mass is 445 g/mol. The third kappa shape index (κ3) is 3.84. The van der Waals surface area contributed by atoms with Crippen molar-refractivity contribution in [2.75, 3.05) is 12.4 Å². The minimum Gasteiger partial charge on any atom is -0.321 e. The first-order valence-electron chi connectivity index (χ1n) is 11.2. The fraction of sp³-hybridized carbons (Fsp3) is 0.107. The molecule has 0 radical (unpaired) electrons. The molecule has 0 spiro atoms. The molecular formula is C28H23N5O. The standard InChI is InChI=1S/C28H23N5O/c1-33-16-18-4-2-5-20(10-18)21-6-3-7-24(12-21)30-28(34)27-25-13-22(8-9-26(25)31-32-27)23-11-19(17-33)14-29-15-23/h2-15H,16-17H2,1H3,(H,30,34)(H,31,32). The van der Waals surface area contributed by atoms with Gasteiger partial charge in [-0.05, 0) is 71.3 Å². The van der Waals surface area contributed by atoms with Gasteiger partial charge in [0.15, 0.2) is 5.69 Å². The Kier molecular flexibility index (Phi) is 4.93. The third-order valence-corrected chi connectivity index (χ3v) is 6.19. The van der Waals surface area contributed by atoms with Crippen molar-refractivity contribution in [3.05, 3.63) is 102 Å². The number of rotatable bonds is 0. The first-order valence-corrected chi connectivity index (χ1v) is 11.2. The summed E-state index contributed by atoms with van der Waals surface area (Å²) in [6.07, 6.45) is 3.77. The number of anilines is 1. The smallest absolute Gasteiger partial charge is 0.276 e. The third-order valence-electron chi connectivity index (χ3n) is 6.19. The molecule has 3 heterocycles. The first-order chi connectivity index (χ1) is 16.6. The Bertz CT molecular complexity index is 1540. The maximum absolute atomic E-state index is 13.2. The Morgan fingerprint density at radius 3 is 2.47 bits per heavy atom. The Hall–Kier alpha value is -4.29. The Morgan fingerprint density at radius 1 is 0.794 bits per heavy atom. The molecule has 0 unspecified atom stereocenters. The quantitative estimate of drug-likeness (QED) is 0.331. The number of hydrogen-bond acceptors (Lipinski definition) is 4. The highest BCUT2D eigenvalue weighted by molar-refractivity contribution is 6.11. The van der Waals surface area contributed by atoms with Gasteiger partial charge in [-0.25, -0.2) is 0 Å². The van der Waals surface area contributed by atoms with Gasteiger partial charge in [0.05, 0.1) is 5.52 Å². The number of fused-ring (bicyclic) bond motifs is 9. The summed E-state index contributed by atoms with van der Waals surface area (Å²) < 4.78 is 0. The van der Waals surface area contributed by atoms with E-state index in [4.69, 9.17) is 0 Å². The molecule has 2 aromatic heterocycles. The second kappa shape index (κ2) is 8.24. The van der Waals surface area contributed by atoms with Gasteiger partial charge in [0.2, 0.25) is 0 Å². The number of H-pyrrole nitrogens is 1. The van der Waals surface area contributed by atoms with Gasteiger partial charge in [-0.2, -0.15) is 5.10 Å². The second-order valence-electron chi connectivity index (χ2n) is 8.82. The number of aromatic nitrogens is 3. The molecule has 34 heavy (non-hydrogen) atoms. The summed E-state index contributed by atoms with van der Waals surface area (Å²) in [6, 6.07) is 24.6. The molecule has 1 aliphatic rings. The van der Waals surface area contributed by atoms with Crippen LogP contribution in [0.2, 0.25) is 0 Å². The number of pyridine rings is 1. The lowest BCUT2D eigenvalue weighted by Crippen LogP contribution is -2.17. The van der Waals surface area contributed by atoms with E-state index in [1.807, 2.05) is 48.8 Å². The summed E-state index contributed by atoms with van der Waals surface area (Å²) in [5.74, 6) is -0.246. The van der Waals surface area contributed by atoms with Crippen molar-refractivity contribution in [2.45, 2.75) is 13.1 Å². The van der Waals surface area contributed by atoms with Crippen molar-refractivity contribution >= 4 is 22.5 Å². The highest BCUT2D eigenvalue weighted by atomic mass is 16.1. The lowest BCUT2D eigenvalue weighted by molar-refractivity contribution is 0.102. The molecule has 3 aromatic carbocycles. The topological polar surface area (TPSA) is 73.9 Å². The zero-order valence-electron chi connectivity index (χ0n) is 18.7. The molecule has 1 amide bonds. The van der Waals surface area contributed by atoms with Crippen molar-refractivity contribution in [3.8, 4) is 22.3 Å². The van der Waals surface area contributed by atoms with E-state index in [-0.39, 0.29) is 5.91 Å². The van der Waals surface area contributed by atoms with E-state index in [1.54, 1.807) is 0 Å². The van der Waals surface area contributed by atoms with E-state index in [1.165, 1.54) is 5.56 Å². The van der Waals surface area contributed by atoms with Crippen molar-refractivity contribution in [1.82, 2.24) is 20.1 Å². The predicted molar refractivity (Wildman–Crippen MR) is 134 cm³/mol. The number of amides is 1. The largest absolute Gasteiger partial charge is 0.321 e. The number of aromatic amines is 1. The van der Waals surface area contributed by atoms with Gasteiger partial charge in [-0.15, -0.1) is 0 Å². The first kappa shape index (κ1) is 20.3. The lowest BCUT2D eigenvalue weighted by Gasteiger charge is -2.18. The Morgan fingerprint density at radius 2 is 1.56 bits per heavy atom. The van der Waals surface area contributed by atoms with Gasteiger partial charge < -0.3 is 5.32 Å². The van der Waals surface area contributed by atoms with Crippen molar-refractivity contribution in [2.24, 2.45) is 0 Å².